The Morgan fingerprint density at radius 2 is 1.56 bits per heavy atom. The molecule has 8 heteroatoms. The summed E-state index contributed by atoms with van der Waals surface area (Å²) < 4.78 is 38.9. The summed E-state index contributed by atoms with van der Waals surface area (Å²) in [5.41, 5.74) is 3.09. The molecule has 1 amide bonds. The van der Waals surface area contributed by atoms with Crippen molar-refractivity contribution < 1.29 is 22.7 Å². The first-order chi connectivity index (χ1) is 16.2. The van der Waals surface area contributed by atoms with Gasteiger partial charge in [-0.3, -0.25) is 9.10 Å². The van der Waals surface area contributed by atoms with Gasteiger partial charge in [0.1, 0.15) is 6.54 Å². The minimum atomic E-state index is -3.96. The van der Waals surface area contributed by atoms with Crippen LogP contribution < -0.4 is 13.8 Å². The van der Waals surface area contributed by atoms with Gasteiger partial charge in [0, 0.05) is 13.6 Å². The lowest BCUT2D eigenvalue weighted by molar-refractivity contribution is -0.128. The molecule has 0 aliphatic heterocycles. The molecule has 3 aromatic carbocycles. The normalized spacial score (nSPS) is 11.1. The van der Waals surface area contributed by atoms with Gasteiger partial charge < -0.3 is 14.4 Å². The first kappa shape index (κ1) is 25.1. The van der Waals surface area contributed by atoms with Gasteiger partial charge in [-0.25, -0.2) is 8.42 Å². The Hall–Kier alpha value is -3.52. The number of carbonyl (C=O) groups is 1. The average molecular weight is 483 g/mol. The van der Waals surface area contributed by atoms with Crippen molar-refractivity contribution in [1.29, 1.82) is 0 Å². The third-order valence-electron chi connectivity index (χ3n) is 5.52. The van der Waals surface area contributed by atoms with Crippen LogP contribution in [0.2, 0.25) is 0 Å². The fourth-order valence-electron chi connectivity index (χ4n) is 3.69. The fraction of sp³-hybridized carbons (Fsp3) is 0.269. The van der Waals surface area contributed by atoms with Crippen LogP contribution in [0.25, 0.3) is 0 Å². The highest BCUT2D eigenvalue weighted by molar-refractivity contribution is 7.92. The lowest BCUT2D eigenvalue weighted by Gasteiger charge is -2.28. The van der Waals surface area contributed by atoms with E-state index in [1.165, 1.54) is 21.3 Å². The van der Waals surface area contributed by atoms with E-state index in [-0.39, 0.29) is 23.9 Å². The number of amides is 1. The van der Waals surface area contributed by atoms with Gasteiger partial charge in [0.2, 0.25) is 5.91 Å². The summed E-state index contributed by atoms with van der Waals surface area (Å²) in [4.78, 5) is 14.9. The molecule has 0 bridgehead atoms. The van der Waals surface area contributed by atoms with Crippen LogP contribution in [0, 0.1) is 13.8 Å². The number of anilines is 1. The van der Waals surface area contributed by atoms with E-state index in [0.717, 1.165) is 16.7 Å². The summed E-state index contributed by atoms with van der Waals surface area (Å²) in [6.45, 7) is 3.73. The summed E-state index contributed by atoms with van der Waals surface area (Å²) >= 11 is 0. The minimum Gasteiger partial charge on any atom is -0.493 e. The topological polar surface area (TPSA) is 76.2 Å². The molecule has 0 atom stereocenters. The second-order valence-corrected chi connectivity index (χ2v) is 9.92. The summed E-state index contributed by atoms with van der Waals surface area (Å²) in [6, 6.07) is 19.0. The van der Waals surface area contributed by atoms with E-state index < -0.39 is 10.0 Å². The van der Waals surface area contributed by atoms with Gasteiger partial charge >= 0.3 is 0 Å². The number of aryl methyl sites for hydroxylation is 2. The number of nitrogens with zero attached hydrogens (tertiary/aromatic N) is 2. The molecule has 0 aliphatic rings. The van der Waals surface area contributed by atoms with Crippen LogP contribution in [-0.2, 0) is 21.4 Å². The third kappa shape index (κ3) is 5.51. The van der Waals surface area contributed by atoms with Crippen molar-refractivity contribution >= 4 is 21.6 Å². The van der Waals surface area contributed by atoms with Gasteiger partial charge in [-0.15, -0.1) is 0 Å². The molecule has 0 aliphatic carbocycles. The summed E-state index contributed by atoms with van der Waals surface area (Å²) in [6.07, 6.45) is 0. The molecular weight excluding hydrogens is 452 g/mol. The van der Waals surface area contributed by atoms with Crippen LogP contribution in [0.3, 0.4) is 0 Å². The van der Waals surface area contributed by atoms with Crippen molar-refractivity contribution in [1.82, 2.24) is 4.90 Å². The highest BCUT2D eigenvalue weighted by Crippen LogP contribution is 2.29. The standard InChI is InChI=1S/C26H30N2O5S/c1-19-11-13-23(20(2)15-19)28(34(30,31)22-9-7-6-8-10-22)18-26(29)27(3)17-21-12-14-24(32-4)25(16-21)33-5/h6-16H,17-18H2,1-5H3. The molecule has 0 radical (unpaired) electrons. The van der Waals surface area contributed by atoms with Gasteiger partial charge in [0.15, 0.2) is 11.5 Å². The zero-order valence-corrected chi connectivity index (χ0v) is 20.9. The van der Waals surface area contributed by atoms with Crippen molar-refractivity contribution in [2.75, 3.05) is 32.1 Å². The molecule has 0 fully saturated rings. The highest BCUT2D eigenvalue weighted by atomic mass is 32.2. The van der Waals surface area contributed by atoms with Crippen molar-refractivity contribution in [3.8, 4) is 11.5 Å². The molecule has 0 saturated carbocycles. The van der Waals surface area contributed by atoms with Crippen molar-refractivity contribution in [2.45, 2.75) is 25.3 Å². The maximum absolute atomic E-state index is 13.6. The van der Waals surface area contributed by atoms with Gasteiger partial charge in [-0.1, -0.05) is 42.0 Å². The van der Waals surface area contributed by atoms with Gasteiger partial charge in [0.05, 0.1) is 24.8 Å². The van der Waals surface area contributed by atoms with E-state index in [0.29, 0.717) is 17.2 Å². The van der Waals surface area contributed by atoms with Crippen LogP contribution >= 0.6 is 0 Å². The zero-order valence-electron chi connectivity index (χ0n) is 20.1. The smallest absolute Gasteiger partial charge is 0.264 e. The second kappa shape index (κ2) is 10.6. The van der Waals surface area contributed by atoms with Crippen molar-refractivity contribution in [3.63, 3.8) is 0 Å². The predicted molar refractivity (Wildman–Crippen MR) is 133 cm³/mol. The molecule has 0 aromatic heterocycles. The predicted octanol–water partition coefficient (Wildman–Crippen LogP) is 4.17. The average Bonchev–Trinajstić information content (AvgIpc) is 2.83. The summed E-state index contributed by atoms with van der Waals surface area (Å²) in [7, 11) is 0.792. The Balaban J connectivity index is 1.91. The van der Waals surface area contributed by atoms with E-state index in [4.69, 9.17) is 9.47 Å². The number of hydrogen-bond donors (Lipinski definition) is 0. The molecule has 0 N–H and O–H groups in total. The molecule has 180 valence electrons. The number of sulfonamides is 1. The second-order valence-electron chi connectivity index (χ2n) is 8.05. The maximum Gasteiger partial charge on any atom is 0.264 e. The van der Waals surface area contributed by atoms with Gasteiger partial charge in [-0.2, -0.15) is 0 Å². The van der Waals surface area contributed by atoms with Crippen molar-refractivity contribution in [3.05, 3.63) is 83.4 Å². The number of methoxy groups -OCH3 is 2. The first-order valence-corrected chi connectivity index (χ1v) is 12.2. The van der Waals surface area contributed by atoms with Crippen LogP contribution in [0.1, 0.15) is 16.7 Å². The van der Waals surface area contributed by atoms with E-state index in [1.807, 2.05) is 32.0 Å². The number of benzene rings is 3. The molecule has 0 heterocycles. The summed E-state index contributed by atoms with van der Waals surface area (Å²) in [5.74, 6) is 0.814. The molecule has 0 unspecified atom stereocenters. The monoisotopic (exact) mass is 482 g/mol. The number of carbonyl (C=O) groups excluding carboxylic acids is 1. The number of likely N-dealkylation sites (N-methyl/N-ethyl adjacent to an activating group) is 1. The lowest BCUT2D eigenvalue weighted by Crippen LogP contribution is -2.41. The number of ether oxygens (including phenoxy) is 2. The molecule has 0 saturated heterocycles. The Labute approximate surface area is 201 Å². The van der Waals surface area contributed by atoms with Crippen LogP contribution in [0.4, 0.5) is 5.69 Å². The SMILES string of the molecule is COc1ccc(CN(C)C(=O)CN(c2ccc(C)cc2C)S(=O)(=O)c2ccccc2)cc1OC. The highest BCUT2D eigenvalue weighted by Gasteiger charge is 2.29. The molecule has 3 aromatic rings. The first-order valence-electron chi connectivity index (χ1n) is 10.8. The van der Waals surface area contributed by atoms with E-state index >= 15 is 0 Å². The number of hydrogen-bond acceptors (Lipinski definition) is 5. The summed E-state index contributed by atoms with van der Waals surface area (Å²) in [5, 5.41) is 0. The Bertz CT molecular complexity index is 1260. The molecule has 34 heavy (non-hydrogen) atoms. The van der Waals surface area contributed by atoms with E-state index in [1.54, 1.807) is 57.7 Å². The van der Waals surface area contributed by atoms with E-state index in [2.05, 4.69) is 0 Å². The quantitative estimate of drug-likeness (QED) is 0.458. The van der Waals surface area contributed by atoms with Gasteiger partial charge in [0.25, 0.3) is 10.0 Å². The van der Waals surface area contributed by atoms with Gasteiger partial charge in [-0.05, 0) is 55.3 Å². The zero-order chi connectivity index (χ0) is 24.9. The fourth-order valence-corrected chi connectivity index (χ4v) is 5.19. The minimum absolute atomic E-state index is 0.130. The molecule has 7 nitrogen and oxygen atoms in total. The van der Waals surface area contributed by atoms with Crippen LogP contribution in [-0.4, -0.2) is 47.0 Å². The lowest BCUT2D eigenvalue weighted by atomic mass is 10.1. The largest absolute Gasteiger partial charge is 0.493 e. The Morgan fingerprint density at radius 3 is 2.18 bits per heavy atom. The maximum atomic E-state index is 13.6. The van der Waals surface area contributed by atoms with E-state index in [9.17, 15) is 13.2 Å². The Morgan fingerprint density at radius 1 is 0.882 bits per heavy atom. The van der Waals surface area contributed by atoms with Crippen LogP contribution in [0.15, 0.2) is 71.6 Å². The molecular formula is C26H30N2O5S. The number of rotatable bonds is 9. The Kier molecular flexibility index (Phi) is 7.83. The van der Waals surface area contributed by atoms with Crippen molar-refractivity contribution in [2.24, 2.45) is 0 Å². The molecule has 0 spiro atoms. The molecule has 3 rings (SSSR count). The van der Waals surface area contributed by atoms with Crippen LogP contribution in [0.5, 0.6) is 11.5 Å². The third-order valence-corrected chi connectivity index (χ3v) is 7.30.